The molecule has 148 valence electrons. The Morgan fingerprint density at radius 1 is 1.07 bits per heavy atom. The average Bonchev–Trinajstić information content (AvgIpc) is 3.58. The Morgan fingerprint density at radius 2 is 1.81 bits per heavy atom. The van der Waals surface area contributed by atoms with E-state index in [2.05, 4.69) is 38.7 Å². The standard InChI is InChI=1S/C22H34N4O/c1-2-24(22(27)19-10-15-25(16-11-19)20-6-7-20)17-18-8-13-26(14-9-18)21-5-3-4-12-23-21/h3-5,12,18-20H,2,6-11,13-17H2,1H3. The van der Waals surface area contributed by atoms with Crippen LogP contribution in [0.3, 0.4) is 0 Å². The van der Waals surface area contributed by atoms with Crippen molar-refractivity contribution in [2.75, 3.05) is 44.2 Å². The van der Waals surface area contributed by atoms with Gasteiger partial charge in [0.25, 0.3) is 0 Å². The fourth-order valence-electron chi connectivity index (χ4n) is 4.78. The molecule has 0 unspecified atom stereocenters. The van der Waals surface area contributed by atoms with Crippen LogP contribution < -0.4 is 4.90 Å². The summed E-state index contributed by atoms with van der Waals surface area (Å²) in [6.07, 6.45) is 9.04. The average molecular weight is 371 g/mol. The van der Waals surface area contributed by atoms with Crippen molar-refractivity contribution in [2.45, 2.75) is 51.5 Å². The van der Waals surface area contributed by atoms with Crippen LogP contribution in [0.5, 0.6) is 0 Å². The van der Waals surface area contributed by atoms with Crippen LogP contribution >= 0.6 is 0 Å². The van der Waals surface area contributed by atoms with E-state index < -0.39 is 0 Å². The molecule has 1 aliphatic carbocycles. The molecule has 27 heavy (non-hydrogen) atoms. The molecule has 2 saturated heterocycles. The third kappa shape index (κ3) is 4.63. The van der Waals surface area contributed by atoms with Gasteiger partial charge in [-0.15, -0.1) is 0 Å². The molecule has 0 spiro atoms. The second kappa shape index (κ2) is 8.59. The number of hydrogen-bond donors (Lipinski definition) is 0. The van der Waals surface area contributed by atoms with Crippen LogP contribution in [0.2, 0.25) is 0 Å². The third-order valence-electron chi connectivity index (χ3n) is 6.70. The van der Waals surface area contributed by atoms with Gasteiger partial charge in [-0.25, -0.2) is 4.98 Å². The van der Waals surface area contributed by atoms with E-state index in [-0.39, 0.29) is 5.92 Å². The molecule has 3 aliphatic rings. The van der Waals surface area contributed by atoms with Gasteiger partial charge in [0.1, 0.15) is 5.82 Å². The molecule has 0 N–H and O–H groups in total. The molecule has 1 amide bonds. The lowest BCUT2D eigenvalue weighted by atomic mass is 9.92. The van der Waals surface area contributed by atoms with Crippen molar-refractivity contribution in [1.29, 1.82) is 0 Å². The first-order valence-electron chi connectivity index (χ1n) is 10.9. The van der Waals surface area contributed by atoms with Gasteiger partial charge >= 0.3 is 0 Å². The molecule has 1 saturated carbocycles. The van der Waals surface area contributed by atoms with Gasteiger partial charge in [-0.05, 0) is 76.6 Å². The fourth-order valence-corrected chi connectivity index (χ4v) is 4.78. The number of aromatic nitrogens is 1. The molecule has 3 heterocycles. The number of pyridine rings is 1. The maximum atomic E-state index is 13.1. The Kier molecular flexibility index (Phi) is 5.96. The van der Waals surface area contributed by atoms with Gasteiger partial charge in [-0.1, -0.05) is 6.07 Å². The van der Waals surface area contributed by atoms with E-state index in [0.717, 1.165) is 76.8 Å². The molecular formula is C22H34N4O. The first kappa shape index (κ1) is 18.7. The number of carbonyl (C=O) groups is 1. The van der Waals surface area contributed by atoms with E-state index in [0.29, 0.717) is 11.8 Å². The molecule has 2 aliphatic heterocycles. The summed E-state index contributed by atoms with van der Waals surface area (Å²) in [6, 6.07) is 6.96. The summed E-state index contributed by atoms with van der Waals surface area (Å²) in [4.78, 5) is 24.7. The van der Waals surface area contributed by atoms with Crippen molar-refractivity contribution in [2.24, 2.45) is 11.8 Å². The third-order valence-corrected chi connectivity index (χ3v) is 6.70. The van der Waals surface area contributed by atoms with Crippen LogP contribution in [0.1, 0.15) is 45.4 Å². The van der Waals surface area contributed by atoms with E-state index in [1.807, 2.05) is 12.3 Å². The molecule has 0 bridgehead atoms. The predicted octanol–water partition coefficient (Wildman–Crippen LogP) is 3.02. The molecule has 4 rings (SSSR count). The second-order valence-electron chi connectivity index (χ2n) is 8.54. The highest BCUT2D eigenvalue weighted by Gasteiger charge is 2.35. The van der Waals surface area contributed by atoms with Crippen molar-refractivity contribution in [3.63, 3.8) is 0 Å². The minimum absolute atomic E-state index is 0.258. The van der Waals surface area contributed by atoms with Gasteiger partial charge in [-0.2, -0.15) is 0 Å². The summed E-state index contributed by atoms with van der Waals surface area (Å²) in [5.41, 5.74) is 0. The van der Waals surface area contributed by atoms with Gasteiger partial charge < -0.3 is 14.7 Å². The molecule has 3 fully saturated rings. The van der Waals surface area contributed by atoms with Gasteiger partial charge in [0.05, 0.1) is 0 Å². The van der Waals surface area contributed by atoms with Crippen LogP contribution in [-0.4, -0.2) is 66.0 Å². The summed E-state index contributed by atoms with van der Waals surface area (Å²) in [5.74, 6) is 2.39. The van der Waals surface area contributed by atoms with Crippen molar-refractivity contribution in [3.05, 3.63) is 24.4 Å². The first-order valence-corrected chi connectivity index (χ1v) is 10.9. The number of likely N-dealkylation sites (tertiary alicyclic amines) is 1. The Hall–Kier alpha value is -1.62. The Balaban J connectivity index is 1.24. The van der Waals surface area contributed by atoms with E-state index in [4.69, 9.17) is 0 Å². The van der Waals surface area contributed by atoms with Gasteiger partial charge in [0.15, 0.2) is 0 Å². The van der Waals surface area contributed by atoms with Crippen LogP contribution in [-0.2, 0) is 4.79 Å². The van der Waals surface area contributed by atoms with Gasteiger partial charge in [0.2, 0.25) is 5.91 Å². The normalized spacial score (nSPS) is 22.8. The molecular weight excluding hydrogens is 336 g/mol. The lowest BCUT2D eigenvalue weighted by molar-refractivity contribution is -0.137. The number of piperidine rings is 2. The maximum Gasteiger partial charge on any atom is 0.225 e. The minimum atomic E-state index is 0.258. The molecule has 5 heteroatoms. The molecule has 5 nitrogen and oxygen atoms in total. The number of amides is 1. The zero-order valence-corrected chi connectivity index (χ0v) is 16.7. The topological polar surface area (TPSA) is 39.7 Å². The van der Waals surface area contributed by atoms with Crippen LogP contribution in [0, 0.1) is 11.8 Å². The highest BCUT2D eigenvalue weighted by molar-refractivity contribution is 5.79. The number of nitrogens with zero attached hydrogens (tertiary/aromatic N) is 4. The van der Waals surface area contributed by atoms with Gasteiger partial charge in [-0.3, -0.25) is 4.79 Å². The lowest BCUT2D eigenvalue weighted by Gasteiger charge is -2.37. The Bertz CT molecular complexity index is 602. The van der Waals surface area contributed by atoms with Crippen molar-refractivity contribution < 1.29 is 4.79 Å². The number of carbonyl (C=O) groups excluding carboxylic acids is 1. The number of rotatable bonds is 6. The summed E-state index contributed by atoms with van der Waals surface area (Å²) in [7, 11) is 0. The van der Waals surface area contributed by atoms with Crippen LogP contribution in [0.4, 0.5) is 5.82 Å². The Morgan fingerprint density at radius 3 is 2.41 bits per heavy atom. The molecule has 1 aromatic rings. The minimum Gasteiger partial charge on any atom is -0.357 e. The largest absolute Gasteiger partial charge is 0.357 e. The van der Waals surface area contributed by atoms with Crippen molar-refractivity contribution in [1.82, 2.24) is 14.8 Å². The van der Waals surface area contributed by atoms with Gasteiger partial charge in [0, 0.05) is 44.3 Å². The SMILES string of the molecule is CCN(CC1CCN(c2ccccn2)CC1)C(=O)C1CCN(C2CC2)CC1. The first-order chi connectivity index (χ1) is 13.2. The van der Waals surface area contributed by atoms with Crippen LogP contribution in [0.15, 0.2) is 24.4 Å². The summed E-state index contributed by atoms with van der Waals surface area (Å²) >= 11 is 0. The maximum absolute atomic E-state index is 13.1. The summed E-state index contributed by atoms with van der Waals surface area (Å²) in [5, 5.41) is 0. The molecule has 0 radical (unpaired) electrons. The zero-order chi connectivity index (χ0) is 18.6. The summed E-state index contributed by atoms with van der Waals surface area (Å²) in [6.45, 7) is 8.28. The summed E-state index contributed by atoms with van der Waals surface area (Å²) < 4.78 is 0. The quantitative estimate of drug-likeness (QED) is 0.772. The van der Waals surface area contributed by atoms with Crippen molar-refractivity contribution in [3.8, 4) is 0 Å². The molecule has 0 atom stereocenters. The van der Waals surface area contributed by atoms with Crippen LogP contribution in [0.25, 0.3) is 0 Å². The Labute approximate surface area is 163 Å². The monoisotopic (exact) mass is 370 g/mol. The highest BCUT2D eigenvalue weighted by Crippen LogP contribution is 2.31. The van der Waals surface area contributed by atoms with E-state index in [1.54, 1.807) is 0 Å². The van der Waals surface area contributed by atoms with E-state index in [1.165, 1.54) is 12.8 Å². The molecule has 1 aromatic heterocycles. The van der Waals surface area contributed by atoms with Crippen molar-refractivity contribution >= 4 is 11.7 Å². The lowest BCUT2D eigenvalue weighted by Crippen LogP contribution is -2.46. The molecule has 0 aromatic carbocycles. The zero-order valence-electron chi connectivity index (χ0n) is 16.7. The smallest absolute Gasteiger partial charge is 0.225 e. The number of hydrogen-bond acceptors (Lipinski definition) is 4. The highest BCUT2D eigenvalue weighted by atomic mass is 16.2. The van der Waals surface area contributed by atoms with E-state index in [9.17, 15) is 4.79 Å². The van der Waals surface area contributed by atoms with E-state index >= 15 is 0 Å². The predicted molar refractivity (Wildman–Crippen MR) is 109 cm³/mol. The fraction of sp³-hybridized carbons (Fsp3) is 0.727. The second-order valence-corrected chi connectivity index (χ2v) is 8.54. The number of anilines is 1.